The minimum Gasteiger partial charge on any atom is -0.0625 e. The van der Waals surface area contributed by atoms with Gasteiger partial charge in [0, 0.05) is 0 Å². The predicted molar refractivity (Wildman–Crippen MR) is 87.0 cm³/mol. The van der Waals surface area contributed by atoms with Crippen LogP contribution in [0.15, 0.2) is 24.3 Å². The molecule has 2 fully saturated rings. The van der Waals surface area contributed by atoms with E-state index in [0.717, 1.165) is 23.7 Å². The van der Waals surface area contributed by atoms with Crippen molar-refractivity contribution in [3.63, 3.8) is 0 Å². The van der Waals surface area contributed by atoms with E-state index in [1.54, 1.807) is 5.56 Å². The van der Waals surface area contributed by atoms with Crippen LogP contribution in [-0.4, -0.2) is 0 Å². The zero-order chi connectivity index (χ0) is 13.9. The van der Waals surface area contributed by atoms with Crippen molar-refractivity contribution < 1.29 is 0 Å². The van der Waals surface area contributed by atoms with Gasteiger partial charge < -0.3 is 0 Å². The molecule has 0 unspecified atom stereocenters. The largest absolute Gasteiger partial charge is 0.0625 e. The molecule has 0 N–H and O–H groups in total. The van der Waals surface area contributed by atoms with Crippen molar-refractivity contribution in [1.29, 1.82) is 0 Å². The molecule has 20 heavy (non-hydrogen) atoms. The van der Waals surface area contributed by atoms with Crippen LogP contribution in [0.3, 0.4) is 0 Å². The first-order valence-corrected chi connectivity index (χ1v) is 8.79. The normalized spacial score (nSPS) is 34.9. The van der Waals surface area contributed by atoms with Crippen LogP contribution in [0.4, 0.5) is 0 Å². The van der Waals surface area contributed by atoms with Gasteiger partial charge in [0.2, 0.25) is 0 Å². The molecular formula is C20H30. The molecule has 0 atom stereocenters. The minimum atomic E-state index is 0.841. The van der Waals surface area contributed by atoms with E-state index in [2.05, 4.69) is 38.1 Å². The zero-order valence-electron chi connectivity index (χ0n) is 13.3. The summed E-state index contributed by atoms with van der Waals surface area (Å²) in [6.07, 6.45) is 11.8. The van der Waals surface area contributed by atoms with Crippen molar-refractivity contribution in [3.05, 3.63) is 35.4 Å². The highest BCUT2D eigenvalue weighted by Crippen LogP contribution is 2.43. The van der Waals surface area contributed by atoms with Gasteiger partial charge in [-0.15, -0.1) is 0 Å². The first-order valence-electron chi connectivity index (χ1n) is 8.79. The highest BCUT2D eigenvalue weighted by atomic mass is 14.4. The average Bonchev–Trinajstić information content (AvgIpc) is 2.48. The molecule has 0 bridgehead atoms. The van der Waals surface area contributed by atoms with Crippen LogP contribution in [0.5, 0.6) is 0 Å². The Balaban J connectivity index is 1.54. The van der Waals surface area contributed by atoms with E-state index in [9.17, 15) is 0 Å². The third-order valence-corrected chi connectivity index (χ3v) is 6.01. The second-order valence-electron chi connectivity index (χ2n) is 7.55. The van der Waals surface area contributed by atoms with Gasteiger partial charge in [-0.05, 0) is 74.7 Å². The highest BCUT2D eigenvalue weighted by Gasteiger charge is 2.30. The SMILES string of the molecule is Cc1cccc(C2CCC(C3CCC(C)CC3)CC2)c1. The summed E-state index contributed by atoms with van der Waals surface area (Å²) in [5, 5.41) is 0. The molecule has 0 spiro atoms. The van der Waals surface area contributed by atoms with Gasteiger partial charge in [-0.3, -0.25) is 0 Å². The van der Waals surface area contributed by atoms with Crippen LogP contribution in [0, 0.1) is 24.7 Å². The molecule has 1 aromatic carbocycles. The van der Waals surface area contributed by atoms with Crippen LogP contribution >= 0.6 is 0 Å². The Morgan fingerprint density at radius 2 is 1.40 bits per heavy atom. The fourth-order valence-electron chi connectivity index (χ4n) is 4.61. The lowest BCUT2D eigenvalue weighted by Gasteiger charge is -2.37. The first kappa shape index (κ1) is 14.2. The third kappa shape index (κ3) is 3.27. The van der Waals surface area contributed by atoms with Gasteiger partial charge in [-0.25, -0.2) is 0 Å². The van der Waals surface area contributed by atoms with Gasteiger partial charge in [-0.2, -0.15) is 0 Å². The van der Waals surface area contributed by atoms with Crippen LogP contribution in [0.25, 0.3) is 0 Å². The molecule has 2 aliphatic carbocycles. The molecule has 0 saturated heterocycles. The van der Waals surface area contributed by atoms with Crippen molar-refractivity contribution >= 4 is 0 Å². The van der Waals surface area contributed by atoms with Gasteiger partial charge in [0.1, 0.15) is 0 Å². The van der Waals surface area contributed by atoms with E-state index in [0.29, 0.717) is 0 Å². The quantitative estimate of drug-likeness (QED) is 0.609. The summed E-state index contributed by atoms with van der Waals surface area (Å²) >= 11 is 0. The molecule has 1 aromatic rings. The lowest BCUT2D eigenvalue weighted by Crippen LogP contribution is -2.24. The van der Waals surface area contributed by atoms with E-state index < -0.39 is 0 Å². The smallest absolute Gasteiger partial charge is 0.0162 e. The van der Waals surface area contributed by atoms with Crippen molar-refractivity contribution in [1.82, 2.24) is 0 Å². The van der Waals surface area contributed by atoms with Gasteiger partial charge >= 0.3 is 0 Å². The second-order valence-corrected chi connectivity index (χ2v) is 7.55. The Bertz CT molecular complexity index is 417. The summed E-state index contributed by atoms with van der Waals surface area (Å²) in [4.78, 5) is 0. The Morgan fingerprint density at radius 3 is 2.00 bits per heavy atom. The van der Waals surface area contributed by atoms with Crippen molar-refractivity contribution in [2.24, 2.45) is 17.8 Å². The molecule has 110 valence electrons. The van der Waals surface area contributed by atoms with E-state index in [1.165, 1.54) is 56.9 Å². The van der Waals surface area contributed by atoms with Crippen LogP contribution in [0.2, 0.25) is 0 Å². The van der Waals surface area contributed by atoms with E-state index >= 15 is 0 Å². The average molecular weight is 270 g/mol. The van der Waals surface area contributed by atoms with Gasteiger partial charge in [0.25, 0.3) is 0 Å². The summed E-state index contributed by atoms with van der Waals surface area (Å²) < 4.78 is 0. The van der Waals surface area contributed by atoms with Gasteiger partial charge in [0.15, 0.2) is 0 Å². The van der Waals surface area contributed by atoms with Gasteiger partial charge in [0.05, 0.1) is 0 Å². The Hall–Kier alpha value is -0.780. The van der Waals surface area contributed by atoms with E-state index in [4.69, 9.17) is 0 Å². The number of hydrogen-bond acceptors (Lipinski definition) is 0. The number of benzene rings is 1. The molecule has 0 radical (unpaired) electrons. The van der Waals surface area contributed by atoms with Crippen LogP contribution in [0.1, 0.15) is 75.3 Å². The summed E-state index contributed by atoms with van der Waals surface area (Å²) in [6.45, 7) is 4.66. The van der Waals surface area contributed by atoms with Crippen LogP contribution < -0.4 is 0 Å². The Labute approximate surface area is 125 Å². The zero-order valence-corrected chi connectivity index (χ0v) is 13.3. The predicted octanol–water partition coefficient (Wildman–Crippen LogP) is 6.10. The molecule has 3 rings (SSSR count). The summed E-state index contributed by atoms with van der Waals surface area (Å²) in [7, 11) is 0. The Kier molecular flexibility index (Phi) is 4.48. The third-order valence-electron chi connectivity index (χ3n) is 6.01. The molecule has 0 aromatic heterocycles. The summed E-state index contributed by atoms with van der Waals surface area (Å²) in [6, 6.07) is 9.21. The lowest BCUT2D eigenvalue weighted by atomic mass is 9.68. The molecule has 0 aliphatic heterocycles. The lowest BCUT2D eigenvalue weighted by molar-refractivity contribution is 0.165. The molecule has 2 aliphatic rings. The summed E-state index contributed by atoms with van der Waals surface area (Å²) in [5.74, 6) is 3.94. The van der Waals surface area contributed by atoms with Crippen molar-refractivity contribution in [2.75, 3.05) is 0 Å². The molecular weight excluding hydrogens is 240 g/mol. The maximum Gasteiger partial charge on any atom is -0.0162 e. The maximum atomic E-state index is 2.44. The van der Waals surface area contributed by atoms with Crippen molar-refractivity contribution in [3.8, 4) is 0 Å². The van der Waals surface area contributed by atoms with Crippen molar-refractivity contribution in [2.45, 2.75) is 71.1 Å². The standard InChI is InChI=1S/C20H30/c1-15-6-8-17(9-7-15)18-10-12-19(13-11-18)20-5-3-4-16(2)14-20/h3-5,14-15,17-19H,6-13H2,1-2H3. The molecule has 0 amide bonds. The first-order chi connectivity index (χ1) is 9.72. The van der Waals surface area contributed by atoms with Gasteiger partial charge in [-0.1, -0.05) is 49.6 Å². The maximum absolute atomic E-state index is 2.44. The molecule has 2 saturated carbocycles. The minimum absolute atomic E-state index is 0.841. The number of rotatable bonds is 2. The van der Waals surface area contributed by atoms with Crippen LogP contribution in [-0.2, 0) is 0 Å². The fraction of sp³-hybridized carbons (Fsp3) is 0.700. The second kappa shape index (κ2) is 6.33. The van der Waals surface area contributed by atoms with E-state index in [-0.39, 0.29) is 0 Å². The monoisotopic (exact) mass is 270 g/mol. The number of hydrogen-bond donors (Lipinski definition) is 0. The molecule has 0 heteroatoms. The topological polar surface area (TPSA) is 0 Å². The fourth-order valence-corrected chi connectivity index (χ4v) is 4.61. The van der Waals surface area contributed by atoms with E-state index in [1.807, 2.05) is 0 Å². The number of aryl methyl sites for hydroxylation is 1. The molecule has 0 heterocycles. The summed E-state index contributed by atoms with van der Waals surface area (Å²) in [5.41, 5.74) is 3.02. The Morgan fingerprint density at radius 1 is 0.800 bits per heavy atom. The highest BCUT2D eigenvalue weighted by molar-refractivity contribution is 5.25. The molecule has 0 nitrogen and oxygen atoms in total.